The van der Waals surface area contributed by atoms with E-state index in [4.69, 9.17) is 4.74 Å². The van der Waals surface area contributed by atoms with Gasteiger partial charge in [0.15, 0.2) is 6.04 Å². The molecule has 32 heavy (non-hydrogen) atoms. The van der Waals surface area contributed by atoms with Crippen molar-refractivity contribution in [3.8, 4) is 0 Å². The van der Waals surface area contributed by atoms with Crippen LogP contribution in [0.15, 0.2) is 39.7 Å². The average molecular weight is 479 g/mol. The molecule has 0 radical (unpaired) electrons. The van der Waals surface area contributed by atoms with Crippen molar-refractivity contribution < 1.29 is 24.4 Å². The van der Waals surface area contributed by atoms with Crippen LogP contribution in [0.2, 0.25) is 0 Å². The SMILES string of the molecule is C[C@@H](O)[C@@H]1C(=O)N2C(C(=O)OCc3ccc([N+](=O)[O-])cc3)C(=CSc3nnnn3C)S[C@H]12. The maximum absolute atomic E-state index is 12.9. The molecule has 1 aromatic heterocycles. The molecule has 0 bridgehead atoms. The lowest BCUT2D eigenvalue weighted by Crippen LogP contribution is -2.64. The number of aliphatic hydroxyl groups is 1. The molecule has 1 unspecified atom stereocenters. The highest BCUT2D eigenvalue weighted by molar-refractivity contribution is 8.06. The molecule has 1 aromatic carbocycles. The molecule has 0 aliphatic carbocycles. The second kappa shape index (κ2) is 8.88. The Morgan fingerprint density at radius 1 is 1.44 bits per heavy atom. The summed E-state index contributed by atoms with van der Waals surface area (Å²) in [4.78, 5) is 37.8. The Balaban J connectivity index is 1.51. The van der Waals surface area contributed by atoms with Crippen LogP contribution in [0.5, 0.6) is 0 Å². The quantitative estimate of drug-likeness (QED) is 0.200. The Bertz CT molecular complexity index is 1090. The molecule has 2 saturated heterocycles. The highest BCUT2D eigenvalue weighted by Gasteiger charge is 2.60. The van der Waals surface area contributed by atoms with E-state index in [-0.39, 0.29) is 23.6 Å². The largest absolute Gasteiger partial charge is 0.459 e. The topological polar surface area (TPSA) is 154 Å². The van der Waals surface area contributed by atoms with Gasteiger partial charge in [0.25, 0.3) is 5.69 Å². The number of benzene rings is 1. The van der Waals surface area contributed by atoms with Crippen molar-refractivity contribution in [2.24, 2.45) is 13.0 Å². The van der Waals surface area contributed by atoms with Crippen molar-refractivity contribution in [2.45, 2.75) is 36.2 Å². The first-order chi connectivity index (χ1) is 15.3. The number of ether oxygens (including phenoxy) is 1. The molecule has 2 aliphatic rings. The number of fused-ring (bicyclic) bond motifs is 1. The van der Waals surface area contributed by atoms with E-state index in [0.29, 0.717) is 15.6 Å². The number of nitrogens with zero attached hydrogens (tertiary/aromatic N) is 6. The van der Waals surface area contributed by atoms with Crippen LogP contribution < -0.4 is 0 Å². The Hall–Kier alpha value is -2.97. The summed E-state index contributed by atoms with van der Waals surface area (Å²) >= 11 is 2.53. The number of β-lactam (4-membered cyclic amide) rings is 1. The van der Waals surface area contributed by atoms with E-state index in [9.17, 15) is 24.8 Å². The fraction of sp³-hybridized carbons (Fsp3) is 0.389. The molecule has 2 aliphatic heterocycles. The van der Waals surface area contributed by atoms with Crippen molar-refractivity contribution in [3.63, 3.8) is 0 Å². The molecule has 14 heteroatoms. The van der Waals surface area contributed by atoms with Crippen molar-refractivity contribution in [1.29, 1.82) is 0 Å². The number of hydrogen-bond acceptors (Lipinski definition) is 11. The van der Waals surface area contributed by atoms with Crippen LogP contribution >= 0.6 is 23.5 Å². The van der Waals surface area contributed by atoms with Crippen LogP contribution in [-0.2, 0) is 28.0 Å². The molecule has 4 rings (SSSR count). The van der Waals surface area contributed by atoms with E-state index < -0.39 is 29.0 Å². The van der Waals surface area contributed by atoms with Crippen molar-refractivity contribution >= 4 is 41.1 Å². The third-order valence-corrected chi connectivity index (χ3v) is 7.51. The van der Waals surface area contributed by atoms with Gasteiger partial charge in [-0.05, 0) is 40.5 Å². The number of non-ortho nitro benzene ring substituents is 1. The fourth-order valence-electron chi connectivity index (χ4n) is 3.40. The summed E-state index contributed by atoms with van der Waals surface area (Å²) in [6.45, 7) is 1.45. The summed E-state index contributed by atoms with van der Waals surface area (Å²) in [7, 11) is 1.68. The van der Waals surface area contributed by atoms with Gasteiger partial charge in [-0.15, -0.1) is 16.9 Å². The summed E-state index contributed by atoms with van der Waals surface area (Å²) in [5.41, 5.74) is 0.513. The number of nitro groups is 1. The molecule has 1 N–H and O–H groups in total. The number of carbonyl (C=O) groups is 2. The minimum atomic E-state index is -0.945. The van der Waals surface area contributed by atoms with Crippen LogP contribution in [0.4, 0.5) is 5.69 Å². The standard InChI is InChI=1S/C18H18N6O6S2/c1-9(25)13-15(26)23-14(12(32-16(13)23)8-31-18-19-20-21-22(18)2)17(27)30-7-10-3-5-11(6-4-10)24(28)29/h3-6,8-9,13-14,16,25H,7H2,1-2H3/t9-,13-,14?,16-/m1/s1. The van der Waals surface area contributed by atoms with E-state index >= 15 is 0 Å². The number of amides is 1. The molecule has 2 aromatic rings. The third kappa shape index (κ3) is 4.08. The zero-order valence-electron chi connectivity index (χ0n) is 16.9. The first-order valence-electron chi connectivity index (χ1n) is 9.44. The molecule has 1 amide bonds. The highest BCUT2D eigenvalue weighted by atomic mass is 32.2. The van der Waals surface area contributed by atoms with Gasteiger partial charge in [0, 0.05) is 24.1 Å². The molecule has 4 atom stereocenters. The summed E-state index contributed by atoms with van der Waals surface area (Å²) < 4.78 is 6.90. The van der Waals surface area contributed by atoms with Gasteiger partial charge in [-0.1, -0.05) is 11.8 Å². The van der Waals surface area contributed by atoms with E-state index in [1.165, 1.54) is 57.4 Å². The number of tetrazole rings is 1. The van der Waals surface area contributed by atoms with E-state index in [1.807, 2.05) is 0 Å². The first-order valence-corrected chi connectivity index (χ1v) is 11.2. The fourth-order valence-corrected chi connectivity index (χ4v) is 5.84. The molecule has 0 spiro atoms. The summed E-state index contributed by atoms with van der Waals surface area (Å²) in [5, 5.41) is 33.8. The van der Waals surface area contributed by atoms with Crippen LogP contribution in [0, 0.1) is 16.0 Å². The minimum absolute atomic E-state index is 0.0639. The van der Waals surface area contributed by atoms with Gasteiger partial charge in [0.05, 0.1) is 22.3 Å². The lowest BCUT2D eigenvalue weighted by molar-refractivity contribution is -0.384. The van der Waals surface area contributed by atoms with Crippen LogP contribution in [0.1, 0.15) is 12.5 Å². The van der Waals surface area contributed by atoms with Gasteiger partial charge in [0.1, 0.15) is 6.61 Å². The Morgan fingerprint density at radius 3 is 2.75 bits per heavy atom. The number of carbonyl (C=O) groups excluding carboxylic acids is 2. The lowest BCUT2D eigenvalue weighted by atomic mass is 9.91. The van der Waals surface area contributed by atoms with Gasteiger partial charge in [-0.2, -0.15) is 0 Å². The van der Waals surface area contributed by atoms with Crippen LogP contribution in [0.3, 0.4) is 0 Å². The second-order valence-corrected chi connectivity index (χ2v) is 9.20. The maximum atomic E-state index is 12.9. The van der Waals surface area contributed by atoms with E-state index in [0.717, 1.165) is 0 Å². The Labute approximate surface area is 190 Å². The molecule has 3 heterocycles. The minimum Gasteiger partial charge on any atom is -0.459 e. The number of rotatable bonds is 7. The number of esters is 1. The zero-order valence-corrected chi connectivity index (χ0v) is 18.5. The number of aryl methyl sites for hydroxylation is 1. The summed E-state index contributed by atoms with van der Waals surface area (Å²) in [6.07, 6.45) is -0.844. The summed E-state index contributed by atoms with van der Waals surface area (Å²) in [5.74, 6) is -1.54. The number of aliphatic hydroxyl groups excluding tert-OH is 1. The molecular weight excluding hydrogens is 460 g/mol. The van der Waals surface area contributed by atoms with Gasteiger partial charge in [-0.25, -0.2) is 9.48 Å². The molecular formula is C18H18N6O6S2. The molecule has 0 saturated carbocycles. The maximum Gasteiger partial charge on any atom is 0.334 e. The smallest absolute Gasteiger partial charge is 0.334 e. The van der Waals surface area contributed by atoms with E-state index in [1.54, 1.807) is 19.4 Å². The zero-order chi connectivity index (χ0) is 23.0. The predicted molar refractivity (Wildman–Crippen MR) is 113 cm³/mol. The van der Waals surface area contributed by atoms with Crippen molar-refractivity contribution in [2.75, 3.05) is 0 Å². The average Bonchev–Trinajstić information content (AvgIpc) is 3.31. The highest BCUT2D eigenvalue weighted by Crippen LogP contribution is 2.51. The van der Waals surface area contributed by atoms with Crippen LogP contribution in [-0.4, -0.2) is 64.5 Å². The second-order valence-electron chi connectivity index (χ2n) is 7.18. The number of aromatic nitrogens is 4. The molecule has 12 nitrogen and oxygen atoms in total. The molecule has 168 valence electrons. The normalized spacial score (nSPS) is 24.2. The number of nitro benzene ring substituents is 1. The Morgan fingerprint density at radius 2 is 2.16 bits per heavy atom. The monoisotopic (exact) mass is 478 g/mol. The first kappa shape index (κ1) is 22.2. The van der Waals surface area contributed by atoms with Gasteiger partial charge >= 0.3 is 5.97 Å². The predicted octanol–water partition coefficient (Wildman–Crippen LogP) is 1.08. The lowest BCUT2D eigenvalue weighted by Gasteiger charge is -2.44. The Kier molecular flexibility index (Phi) is 6.17. The summed E-state index contributed by atoms with van der Waals surface area (Å²) in [6, 6.07) is 4.72. The van der Waals surface area contributed by atoms with Crippen molar-refractivity contribution in [3.05, 3.63) is 50.3 Å². The third-order valence-electron chi connectivity index (χ3n) is 5.06. The van der Waals surface area contributed by atoms with Gasteiger partial charge in [0.2, 0.25) is 11.1 Å². The molecule has 2 fully saturated rings. The van der Waals surface area contributed by atoms with Crippen molar-refractivity contribution in [1.82, 2.24) is 25.1 Å². The number of hydrogen-bond donors (Lipinski definition) is 1. The number of thioether (sulfide) groups is 2. The van der Waals surface area contributed by atoms with Gasteiger partial charge < -0.3 is 14.7 Å². The van der Waals surface area contributed by atoms with Gasteiger partial charge in [-0.3, -0.25) is 14.9 Å². The van der Waals surface area contributed by atoms with E-state index in [2.05, 4.69) is 15.5 Å². The van der Waals surface area contributed by atoms with Crippen LogP contribution in [0.25, 0.3) is 0 Å².